The molecule has 0 radical (unpaired) electrons. The maximum Gasteiger partial charge on any atom is 0.0264 e. The summed E-state index contributed by atoms with van der Waals surface area (Å²) >= 11 is 7.22. The van der Waals surface area contributed by atoms with Gasteiger partial charge in [0, 0.05) is 5.88 Å². The van der Waals surface area contributed by atoms with Gasteiger partial charge in [-0.05, 0) is 28.8 Å². The molecule has 0 aromatic carbocycles. The lowest BCUT2D eigenvalue weighted by Gasteiger charge is -1.84. The van der Waals surface area contributed by atoms with Crippen molar-refractivity contribution in [3.05, 3.63) is 22.4 Å². The van der Waals surface area contributed by atoms with Gasteiger partial charge in [0.15, 0.2) is 0 Å². The summed E-state index contributed by atoms with van der Waals surface area (Å²) in [5, 5.41) is 4.20. The van der Waals surface area contributed by atoms with Gasteiger partial charge in [-0.25, -0.2) is 0 Å². The van der Waals surface area contributed by atoms with Crippen molar-refractivity contribution in [3.63, 3.8) is 0 Å². The number of hydrogen-bond acceptors (Lipinski definition) is 1. The second kappa shape index (κ2) is 3.10. The molecule has 0 aliphatic rings. The van der Waals surface area contributed by atoms with E-state index in [9.17, 15) is 0 Å². The van der Waals surface area contributed by atoms with Crippen LogP contribution in [0.25, 0.3) is 0 Å². The molecule has 0 spiro atoms. The number of thiophene rings is 1. The van der Waals surface area contributed by atoms with E-state index in [4.69, 9.17) is 11.6 Å². The van der Waals surface area contributed by atoms with Gasteiger partial charge in [-0.15, -0.1) is 11.6 Å². The van der Waals surface area contributed by atoms with Gasteiger partial charge in [0.1, 0.15) is 0 Å². The Bertz CT molecular complexity index is 134. The van der Waals surface area contributed by atoms with Crippen molar-refractivity contribution in [2.45, 2.75) is 6.42 Å². The smallest absolute Gasteiger partial charge is 0.0264 e. The average molecular weight is 147 g/mol. The van der Waals surface area contributed by atoms with E-state index in [0.29, 0.717) is 0 Å². The second-order valence-electron chi connectivity index (χ2n) is 1.57. The molecule has 0 N–H and O–H groups in total. The van der Waals surface area contributed by atoms with Crippen molar-refractivity contribution < 1.29 is 0 Å². The summed E-state index contributed by atoms with van der Waals surface area (Å²) in [5.41, 5.74) is 1.35. The molecule has 1 rings (SSSR count). The molecule has 2 heteroatoms. The minimum atomic E-state index is 0.733. The molecule has 1 heterocycles. The van der Waals surface area contributed by atoms with Crippen molar-refractivity contribution in [1.82, 2.24) is 0 Å². The van der Waals surface area contributed by atoms with Crippen LogP contribution in [0.2, 0.25) is 0 Å². The number of hydrogen-bond donors (Lipinski definition) is 0. The Balaban J connectivity index is 2.50. The quantitative estimate of drug-likeness (QED) is 0.563. The van der Waals surface area contributed by atoms with Gasteiger partial charge in [-0.3, -0.25) is 0 Å². The van der Waals surface area contributed by atoms with E-state index < -0.39 is 0 Å². The molecular formula is C6H7ClS. The van der Waals surface area contributed by atoms with Gasteiger partial charge in [-0.2, -0.15) is 11.3 Å². The van der Waals surface area contributed by atoms with Crippen LogP contribution in [-0.4, -0.2) is 5.88 Å². The summed E-state index contributed by atoms with van der Waals surface area (Å²) in [5.74, 6) is 0.733. The molecule has 0 saturated heterocycles. The summed E-state index contributed by atoms with van der Waals surface area (Å²) in [7, 11) is 0. The molecule has 0 bridgehead atoms. The van der Waals surface area contributed by atoms with E-state index in [-0.39, 0.29) is 0 Å². The fourth-order valence-electron chi connectivity index (χ4n) is 0.544. The van der Waals surface area contributed by atoms with Crippen LogP contribution in [0.15, 0.2) is 16.8 Å². The zero-order valence-corrected chi connectivity index (χ0v) is 6.00. The minimum Gasteiger partial charge on any atom is -0.152 e. The third-order valence-corrected chi connectivity index (χ3v) is 1.88. The molecule has 0 aliphatic carbocycles. The van der Waals surface area contributed by atoms with Crippen LogP contribution < -0.4 is 0 Å². The van der Waals surface area contributed by atoms with Crippen LogP contribution in [0.3, 0.4) is 0 Å². The maximum absolute atomic E-state index is 5.50. The molecule has 0 amide bonds. The number of alkyl halides is 1. The van der Waals surface area contributed by atoms with Crippen molar-refractivity contribution in [3.8, 4) is 0 Å². The van der Waals surface area contributed by atoms with Crippen LogP contribution >= 0.6 is 22.9 Å². The lowest BCUT2D eigenvalue weighted by molar-refractivity contribution is 1.17. The summed E-state index contributed by atoms with van der Waals surface area (Å²) in [6, 6.07) is 2.10. The fourth-order valence-corrected chi connectivity index (χ4v) is 1.47. The Morgan fingerprint density at radius 3 is 3.00 bits per heavy atom. The highest BCUT2D eigenvalue weighted by molar-refractivity contribution is 7.07. The third-order valence-electron chi connectivity index (χ3n) is 0.963. The van der Waals surface area contributed by atoms with E-state index in [1.165, 1.54) is 5.56 Å². The van der Waals surface area contributed by atoms with Gasteiger partial charge in [0.05, 0.1) is 0 Å². The van der Waals surface area contributed by atoms with E-state index in [0.717, 1.165) is 12.3 Å². The highest BCUT2D eigenvalue weighted by atomic mass is 35.5. The van der Waals surface area contributed by atoms with Gasteiger partial charge in [0.2, 0.25) is 0 Å². The zero-order chi connectivity index (χ0) is 5.82. The molecule has 0 unspecified atom stereocenters. The number of aryl methyl sites for hydroxylation is 1. The predicted molar refractivity (Wildman–Crippen MR) is 38.7 cm³/mol. The zero-order valence-electron chi connectivity index (χ0n) is 4.43. The molecule has 0 aliphatic heterocycles. The van der Waals surface area contributed by atoms with Crippen molar-refractivity contribution in [1.29, 1.82) is 0 Å². The topological polar surface area (TPSA) is 0 Å². The number of rotatable bonds is 2. The molecule has 1 aromatic rings. The van der Waals surface area contributed by atoms with E-state index in [1.807, 2.05) is 0 Å². The lowest BCUT2D eigenvalue weighted by atomic mass is 10.3. The summed E-state index contributed by atoms with van der Waals surface area (Å²) in [6.45, 7) is 0. The summed E-state index contributed by atoms with van der Waals surface area (Å²) in [6.07, 6.45) is 1.01. The standard InChI is InChI=1S/C6H7ClS/c7-3-1-6-2-4-8-5-6/h2,4-5H,1,3H2. The molecule has 1 aromatic heterocycles. The Morgan fingerprint density at radius 1 is 1.62 bits per heavy atom. The second-order valence-corrected chi connectivity index (χ2v) is 2.73. The van der Waals surface area contributed by atoms with Crippen LogP contribution in [0.5, 0.6) is 0 Å². The lowest BCUT2D eigenvalue weighted by Crippen LogP contribution is -1.78. The van der Waals surface area contributed by atoms with Crippen molar-refractivity contribution in [2.75, 3.05) is 5.88 Å². The Kier molecular flexibility index (Phi) is 2.37. The van der Waals surface area contributed by atoms with Crippen LogP contribution in [0, 0.1) is 0 Å². The highest BCUT2D eigenvalue weighted by Crippen LogP contribution is 2.06. The first-order valence-corrected chi connectivity index (χ1v) is 3.98. The van der Waals surface area contributed by atoms with Crippen LogP contribution in [0.1, 0.15) is 5.56 Å². The third kappa shape index (κ3) is 1.49. The Morgan fingerprint density at radius 2 is 2.50 bits per heavy atom. The molecular weight excluding hydrogens is 140 g/mol. The predicted octanol–water partition coefficient (Wildman–Crippen LogP) is 2.53. The van der Waals surface area contributed by atoms with E-state index in [1.54, 1.807) is 11.3 Å². The van der Waals surface area contributed by atoms with Gasteiger partial charge in [0.25, 0.3) is 0 Å². The molecule has 0 nitrogen and oxygen atoms in total. The Hall–Kier alpha value is -0.0100. The van der Waals surface area contributed by atoms with Gasteiger partial charge >= 0.3 is 0 Å². The summed E-state index contributed by atoms with van der Waals surface area (Å²) in [4.78, 5) is 0. The SMILES string of the molecule is ClCCc1ccsc1. The summed E-state index contributed by atoms with van der Waals surface area (Å²) < 4.78 is 0. The molecule has 0 saturated carbocycles. The highest BCUT2D eigenvalue weighted by Gasteiger charge is 1.87. The average Bonchev–Trinajstić information content (AvgIpc) is 2.19. The first-order valence-electron chi connectivity index (χ1n) is 2.50. The first-order chi connectivity index (χ1) is 3.93. The van der Waals surface area contributed by atoms with Gasteiger partial charge < -0.3 is 0 Å². The fraction of sp³-hybridized carbons (Fsp3) is 0.333. The first kappa shape index (κ1) is 6.12. The molecule has 8 heavy (non-hydrogen) atoms. The molecule has 44 valence electrons. The molecule has 0 fully saturated rings. The monoisotopic (exact) mass is 146 g/mol. The van der Waals surface area contributed by atoms with Crippen LogP contribution in [0.4, 0.5) is 0 Å². The van der Waals surface area contributed by atoms with Crippen LogP contribution in [-0.2, 0) is 6.42 Å². The largest absolute Gasteiger partial charge is 0.152 e. The van der Waals surface area contributed by atoms with E-state index >= 15 is 0 Å². The van der Waals surface area contributed by atoms with Crippen molar-refractivity contribution in [2.24, 2.45) is 0 Å². The Labute approximate surface area is 58.1 Å². The maximum atomic E-state index is 5.50. The van der Waals surface area contributed by atoms with E-state index in [2.05, 4.69) is 16.8 Å². The van der Waals surface area contributed by atoms with Crippen molar-refractivity contribution >= 4 is 22.9 Å². The molecule has 0 atom stereocenters. The van der Waals surface area contributed by atoms with Gasteiger partial charge in [-0.1, -0.05) is 0 Å². The normalized spacial score (nSPS) is 9.62. The number of halogens is 1. The minimum absolute atomic E-state index is 0.733.